The maximum Gasteiger partial charge on any atom is 0.416 e. The maximum atomic E-state index is 13.6. The molecule has 0 aromatic heterocycles. The summed E-state index contributed by atoms with van der Waals surface area (Å²) < 4.78 is 161. The molecule has 0 radical (unpaired) electrons. The van der Waals surface area contributed by atoms with Crippen molar-refractivity contribution in [2.75, 3.05) is 10.6 Å². The highest BCUT2D eigenvalue weighted by Gasteiger charge is 2.38. The van der Waals surface area contributed by atoms with Crippen LogP contribution in [0.2, 0.25) is 0 Å². The SMILES string of the molecule is FC(F)(F)c1cc(NC(=S)Nc2cc3ccc2CCc2ccc(c(-c4cc(C(F)(F)F)cc(C(F)(F)F)c4)c2)CC3)cc(C(F)(F)F)c1. The molecule has 48 heavy (non-hydrogen) atoms. The van der Waals surface area contributed by atoms with Crippen LogP contribution in [0.25, 0.3) is 11.1 Å². The number of thiocarbonyl (C=S) groups is 1. The van der Waals surface area contributed by atoms with Gasteiger partial charge in [0.25, 0.3) is 0 Å². The summed E-state index contributed by atoms with van der Waals surface area (Å²) in [5, 5.41) is 4.93. The Labute approximate surface area is 270 Å². The number of hydrogen-bond donors (Lipinski definition) is 2. The van der Waals surface area contributed by atoms with E-state index in [4.69, 9.17) is 12.2 Å². The van der Waals surface area contributed by atoms with E-state index in [2.05, 4.69) is 10.6 Å². The molecule has 254 valence electrons. The van der Waals surface area contributed by atoms with Crippen molar-refractivity contribution in [1.82, 2.24) is 0 Å². The van der Waals surface area contributed by atoms with E-state index < -0.39 is 52.6 Å². The van der Waals surface area contributed by atoms with Crippen molar-refractivity contribution in [3.63, 3.8) is 0 Å². The Morgan fingerprint density at radius 3 is 1.42 bits per heavy atom. The molecule has 4 bridgehead atoms. The molecular weight excluding hydrogens is 684 g/mol. The average Bonchev–Trinajstić information content (AvgIpc) is 2.96. The van der Waals surface area contributed by atoms with Crippen molar-refractivity contribution in [1.29, 1.82) is 0 Å². The first-order valence-corrected chi connectivity index (χ1v) is 14.5. The molecule has 0 saturated heterocycles. The van der Waals surface area contributed by atoms with Crippen LogP contribution >= 0.6 is 12.2 Å². The minimum atomic E-state index is -5.06. The minimum absolute atomic E-state index is 0.00672. The Balaban J connectivity index is 1.43. The lowest BCUT2D eigenvalue weighted by molar-refractivity contribution is -0.144. The van der Waals surface area contributed by atoms with Gasteiger partial charge in [0.2, 0.25) is 0 Å². The zero-order chi connectivity index (χ0) is 35.2. The second kappa shape index (κ2) is 12.6. The first kappa shape index (κ1) is 35.0. The predicted octanol–water partition coefficient (Wildman–Crippen LogP) is 11.1. The van der Waals surface area contributed by atoms with Crippen molar-refractivity contribution < 1.29 is 52.7 Å². The summed E-state index contributed by atoms with van der Waals surface area (Å²) in [6.07, 6.45) is -19.1. The van der Waals surface area contributed by atoms with Gasteiger partial charge < -0.3 is 10.6 Å². The van der Waals surface area contributed by atoms with Crippen LogP contribution in [0, 0.1) is 0 Å². The van der Waals surface area contributed by atoms with Gasteiger partial charge in [-0.1, -0.05) is 30.3 Å². The van der Waals surface area contributed by atoms with Crippen molar-refractivity contribution in [2.45, 2.75) is 50.4 Å². The largest absolute Gasteiger partial charge is 0.416 e. The predicted molar refractivity (Wildman–Crippen MR) is 159 cm³/mol. The van der Waals surface area contributed by atoms with Crippen LogP contribution in [-0.4, -0.2) is 5.11 Å². The van der Waals surface area contributed by atoms with Gasteiger partial charge in [0.05, 0.1) is 22.3 Å². The summed E-state index contributed by atoms with van der Waals surface area (Å²) in [4.78, 5) is 0. The van der Waals surface area contributed by atoms with Gasteiger partial charge in [0.1, 0.15) is 0 Å². The molecule has 0 amide bonds. The van der Waals surface area contributed by atoms with E-state index in [0.29, 0.717) is 52.2 Å². The third kappa shape index (κ3) is 8.23. The number of alkyl halides is 12. The Bertz CT molecular complexity index is 1790. The van der Waals surface area contributed by atoms with Gasteiger partial charge in [-0.2, -0.15) is 52.7 Å². The first-order chi connectivity index (χ1) is 22.2. The van der Waals surface area contributed by atoms with E-state index in [1.54, 1.807) is 36.4 Å². The summed E-state index contributed by atoms with van der Waals surface area (Å²) in [5.74, 6) is 0. The molecule has 2 N–H and O–H groups in total. The highest BCUT2D eigenvalue weighted by Crippen LogP contribution is 2.41. The van der Waals surface area contributed by atoms with Gasteiger partial charge >= 0.3 is 24.7 Å². The molecule has 0 saturated carbocycles. The first-order valence-electron chi connectivity index (χ1n) is 14.1. The summed E-state index contributed by atoms with van der Waals surface area (Å²) in [5.41, 5.74) is -3.66. The van der Waals surface area contributed by atoms with Crippen molar-refractivity contribution >= 4 is 28.7 Å². The highest BCUT2D eigenvalue weighted by atomic mass is 32.1. The summed E-state index contributed by atoms with van der Waals surface area (Å²) >= 11 is 5.23. The van der Waals surface area contributed by atoms with Crippen LogP contribution in [0.15, 0.2) is 72.8 Å². The van der Waals surface area contributed by atoms with Gasteiger partial charge in [-0.15, -0.1) is 0 Å². The van der Waals surface area contributed by atoms with Crippen molar-refractivity contribution in [2.24, 2.45) is 0 Å². The molecule has 15 heteroatoms. The van der Waals surface area contributed by atoms with E-state index in [-0.39, 0.29) is 54.1 Å². The number of aryl methyl sites for hydroxylation is 4. The number of anilines is 2. The van der Waals surface area contributed by atoms with Crippen LogP contribution in [-0.2, 0) is 50.4 Å². The lowest BCUT2D eigenvalue weighted by Gasteiger charge is -2.20. The highest BCUT2D eigenvalue weighted by molar-refractivity contribution is 7.80. The quantitative estimate of drug-likeness (QED) is 0.164. The van der Waals surface area contributed by atoms with Crippen LogP contribution < -0.4 is 10.6 Å². The number of nitrogens with one attached hydrogen (secondary N) is 2. The molecule has 0 atom stereocenters. The molecule has 0 unspecified atom stereocenters. The smallest absolute Gasteiger partial charge is 0.332 e. The van der Waals surface area contributed by atoms with E-state index in [1.807, 2.05) is 0 Å². The zero-order valence-electron chi connectivity index (χ0n) is 24.2. The third-order valence-electron chi connectivity index (χ3n) is 7.71. The molecule has 2 nitrogen and oxygen atoms in total. The van der Waals surface area contributed by atoms with Crippen molar-refractivity contribution in [3.05, 3.63) is 117 Å². The van der Waals surface area contributed by atoms with Gasteiger partial charge in [-0.3, -0.25) is 0 Å². The lowest BCUT2D eigenvalue weighted by atomic mass is 9.89. The Morgan fingerprint density at radius 2 is 0.917 bits per heavy atom. The number of hydrogen-bond acceptors (Lipinski definition) is 1. The molecule has 0 aliphatic heterocycles. The van der Waals surface area contributed by atoms with Gasteiger partial charge in [0.15, 0.2) is 5.11 Å². The molecule has 0 spiro atoms. The van der Waals surface area contributed by atoms with E-state index >= 15 is 0 Å². The normalized spacial score (nSPS) is 14.0. The topological polar surface area (TPSA) is 24.1 Å². The van der Waals surface area contributed by atoms with Crippen LogP contribution in [0.3, 0.4) is 0 Å². The Kier molecular flexibility index (Phi) is 9.23. The third-order valence-corrected chi connectivity index (χ3v) is 7.91. The number of benzene rings is 4. The fourth-order valence-electron chi connectivity index (χ4n) is 5.36. The second-order valence-corrected chi connectivity index (χ2v) is 11.6. The number of halogens is 12. The fraction of sp³-hybridized carbons (Fsp3) is 0.242. The molecular formula is C33H22F12N2S. The van der Waals surface area contributed by atoms with E-state index in [0.717, 1.165) is 0 Å². The average molecular weight is 707 g/mol. The minimum Gasteiger partial charge on any atom is -0.332 e. The Morgan fingerprint density at radius 1 is 0.479 bits per heavy atom. The maximum absolute atomic E-state index is 13.6. The molecule has 0 heterocycles. The fourth-order valence-corrected chi connectivity index (χ4v) is 5.59. The van der Waals surface area contributed by atoms with Crippen molar-refractivity contribution in [3.8, 4) is 11.1 Å². The molecule has 4 aromatic rings. The van der Waals surface area contributed by atoms with E-state index in [1.165, 1.54) is 0 Å². The standard InChI is InChI=1S/C33H22F12N2S/c34-30(35,36)22-11-21(12-23(13-22)31(37,38)39)27-9-17-1-5-19(27)6-2-18-4-8-20(7-3-17)28(10-18)47-29(48)46-26-15-24(32(40,41)42)14-25(16-26)33(43,44)45/h1,4-5,8-16H,2-3,6-7H2,(H2,46,47,48). The number of rotatable bonds is 3. The molecule has 8 rings (SSSR count). The van der Waals surface area contributed by atoms with Gasteiger partial charge in [0, 0.05) is 11.4 Å². The molecule has 4 aliphatic rings. The second-order valence-electron chi connectivity index (χ2n) is 11.2. The van der Waals surface area contributed by atoms with Crippen LogP contribution in [0.5, 0.6) is 0 Å². The monoisotopic (exact) mass is 706 g/mol. The van der Waals surface area contributed by atoms with Crippen LogP contribution in [0.4, 0.5) is 64.1 Å². The lowest BCUT2D eigenvalue weighted by Crippen LogP contribution is -2.21. The van der Waals surface area contributed by atoms with E-state index in [9.17, 15) is 52.7 Å². The van der Waals surface area contributed by atoms with Gasteiger partial charge in [-0.05, 0) is 114 Å². The summed E-state index contributed by atoms with van der Waals surface area (Å²) in [6, 6.07) is 12.5. The van der Waals surface area contributed by atoms with Gasteiger partial charge in [-0.25, -0.2) is 0 Å². The molecule has 4 aliphatic carbocycles. The Hall–Kier alpha value is -4.27. The molecule has 4 aromatic carbocycles. The zero-order valence-corrected chi connectivity index (χ0v) is 25.0. The van der Waals surface area contributed by atoms with Crippen LogP contribution in [0.1, 0.15) is 44.5 Å². The summed E-state index contributed by atoms with van der Waals surface area (Å²) in [7, 11) is 0. The molecule has 0 fully saturated rings. The summed E-state index contributed by atoms with van der Waals surface area (Å²) in [6.45, 7) is 0.